The van der Waals surface area contributed by atoms with Crippen molar-refractivity contribution in [3.63, 3.8) is 0 Å². The number of carbonyl (C=O) groups excluding carboxylic acids is 1. The van der Waals surface area contributed by atoms with Gasteiger partial charge in [-0.25, -0.2) is 4.98 Å². The molecule has 1 aliphatic carbocycles. The lowest BCUT2D eigenvalue weighted by Gasteiger charge is -2.29. The summed E-state index contributed by atoms with van der Waals surface area (Å²) < 4.78 is 5.54. The minimum atomic E-state index is -0.00506. The first kappa shape index (κ1) is 19.4. The largest absolute Gasteiger partial charge is 0.494 e. The highest BCUT2D eigenvalue weighted by Gasteiger charge is 2.24. The Morgan fingerprint density at radius 1 is 1.10 bits per heavy atom. The second kappa shape index (κ2) is 8.64. The molecule has 1 amide bonds. The number of benzene rings is 2. The number of fused-ring (bicyclic) bond motifs is 1. The zero-order valence-corrected chi connectivity index (χ0v) is 17.2. The van der Waals surface area contributed by atoms with Crippen molar-refractivity contribution in [2.75, 3.05) is 6.61 Å². The standard InChI is InChI=1S/C25H28N2O2/c1-3-29-19-14-12-18(13-15-19)24-16-21(20-9-5-7-11-23(20)26-24)25(28)27-22-10-6-4-8-17(22)2/h5,7,9,11-17,22H,3-4,6,8,10H2,1-2H3,(H,27,28)/t17-,22-/m1/s1. The van der Waals surface area contributed by atoms with Gasteiger partial charge in [-0.15, -0.1) is 0 Å². The quantitative estimate of drug-likeness (QED) is 0.618. The molecular weight excluding hydrogens is 360 g/mol. The fourth-order valence-corrected chi connectivity index (χ4v) is 4.18. The molecule has 1 aromatic heterocycles. The van der Waals surface area contributed by atoms with E-state index in [1.165, 1.54) is 19.3 Å². The molecule has 150 valence electrons. The predicted molar refractivity (Wildman–Crippen MR) is 117 cm³/mol. The molecule has 1 aliphatic rings. The summed E-state index contributed by atoms with van der Waals surface area (Å²) in [5.41, 5.74) is 3.30. The predicted octanol–water partition coefficient (Wildman–Crippen LogP) is 5.61. The number of hydrogen-bond donors (Lipinski definition) is 1. The molecule has 3 aromatic rings. The summed E-state index contributed by atoms with van der Waals surface area (Å²) in [7, 11) is 0. The summed E-state index contributed by atoms with van der Waals surface area (Å²) >= 11 is 0. The van der Waals surface area contributed by atoms with Crippen LogP contribution in [0, 0.1) is 5.92 Å². The van der Waals surface area contributed by atoms with Gasteiger partial charge in [0.25, 0.3) is 5.91 Å². The molecule has 0 spiro atoms. The van der Waals surface area contributed by atoms with Crippen LogP contribution in [0.15, 0.2) is 54.6 Å². The van der Waals surface area contributed by atoms with Crippen LogP contribution in [0.4, 0.5) is 0 Å². The maximum Gasteiger partial charge on any atom is 0.252 e. The molecule has 4 rings (SSSR count). The summed E-state index contributed by atoms with van der Waals surface area (Å²) in [5.74, 6) is 1.35. The van der Waals surface area contributed by atoms with Crippen LogP contribution in [0.25, 0.3) is 22.2 Å². The first-order chi connectivity index (χ1) is 14.2. The van der Waals surface area contributed by atoms with Crippen molar-refractivity contribution >= 4 is 16.8 Å². The number of nitrogens with one attached hydrogen (secondary N) is 1. The minimum absolute atomic E-state index is 0.00506. The molecule has 0 saturated heterocycles. The van der Waals surface area contributed by atoms with Gasteiger partial charge in [-0.2, -0.15) is 0 Å². The molecule has 0 radical (unpaired) electrons. The van der Waals surface area contributed by atoms with Crippen LogP contribution in [0.5, 0.6) is 5.75 Å². The number of pyridine rings is 1. The molecule has 0 bridgehead atoms. The number of para-hydroxylation sites is 1. The summed E-state index contributed by atoms with van der Waals surface area (Å²) in [6.45, 7) is 4.84. The third-order valence-corrected chi connectivity index (χ3v) is 5.85. The van der Waals surface area contributed by atoms with Crippen LogP contribution in [0.2, 0.25) is 0 Å². The monoisotopic (exact) mass is 388 g/mol. The van der Waals surface area contributed by atoms with Gasteiger partial charge in [-0.3, -0.25) is 4.79 Å². The van der Waals surface area contributed by atoms with Crippen LogP contribution < -0.4 is 10.1 Å². The van der Waals surface area contributed by atoms with Crippen LogP contribution in [-0.2, 0) is 0 Å². The highest BCUT2D eigenvalue weighted by atomic mass is 16.5. The van der Waals surface area contributed by atoms with E-state index in [9.17, 15) is 4.79 Å². The van der Waals surface area contributed by atoms with Crippen LogP contribution >= 0.6 is 0 Å². The van der Waals surface area contributed by atoms with Gasteiger partial charge in [0.2, 0.25) is 0 Å². The van der Waals surface area contributed by atoms with Gasteiger partial charge >= 0.3 is 0 Å². The Morgan fingerprint density at radius 2 is 1.86 bits per heavy atom. The van der Waals surface area contributed by atoms with E-state index in [-0.39, 0.29) is 11.9 Å². The highest BCUT2D eigenvalue weighted by molar-refractivity contribution is 6.07. The lowest BCUT2D eigenvalue weighted by atomic mass is 9.85. The number of amides is 1. The fourth-order valence-electron chi connectivity index (χ4n) is 4.18. The Hall–Kier alpha value is -2.88. The molecular formula is C25H28N2O2. The molecule has 0 aliphatic heterocycles. The lowest BCUT2D eigenvalue weighted by Crippen LogP contribution is -2.41. The molecule has 1 heterocycles. The minimum Gasteiger partial charge on any atom is -0.494 e. The molecule has 2 atom stereocenters. The van der Waals surface area contributed by atoms with Crippen LogP contribution in [0.1, 0.15) is 49.9 Å². The fraction of sp³-hybridized carbons (Fsp3) is 0.360. The van der Waals surface area contributed by atoms with Crippen molar-refractivity contribution in [2.45, 2.75) is 45.6 Å². The topological polar surface area (TPSA) is 51.2 Å². The van der Waals surface area contributed by atoms with E-state index in [1.54, 1.807) is 0 Å². The van der Waals surface area contributed by atoms with Gasteiger partial charge in [0.05, 0.1) is 23.4 Å². The van der Waals surface area contributed by atoms with Crippen molar-refractivity contribution in [1.82, 2.24) is 10.3 Å². The SMILES string of the molecule is CCOc1ccc(-c2cc(C(=O)N[C@@H]3CCCC[C@H]3C)c3ccccc3n2)cc1. The Balaban J connectivity index is 1.69. The maximum atomic E-state index is 13.2. The Kier molecular flexibility index (Phi) is 5.79. The third-order valence-electron chi connectivity index (χ3n) is 5.85. The van der Waals surface area contributed by atoms with Gasteiger partial charge in [0.15, 0.2) is 0 Å². The van der Waals surface area contributed by atoms with Crippen LogP contribution in [-0.4, -0.2) is 23.5 Å². The van der Waals surface area contributed by atoms with Gasteiger partial charge in [-0.1, -0.05) is 38.0 Å². The second-order valence-corrected chi connectivity index (χ2v) is 7.87. The van der Waals surface area contributed by atoms with E-state index in [1.807, 2.05) is 61.5 Å². The smallest absolute Gasteiger partial charge is 0.252 e. The van der Waals surface area contributed by atoms with Gasteiger partial charge in [0, 0.05) is 17.0 Å². The Labute approximate surface area is 172 Å². The Morgan fingerprint density at radius 3 is 2.62 bits per heavy atom. The second-order valence-electron chi connectivity index (χ2n) is 7.87. The van der Waals surface area contributed by atoms with Gasteiger partial charge in [-0.05, 0) is 62.1 Å². The van der Waals surface area contributed by atoms with Crippen molar-refractivity contribution < 1.29 is 9.53 Å². The molecule has 1 N–H and O–H groups in total. The van der Waals surface area contributed by atoms with Crippen molar-refractivity contribution in [3.8, 4) is 17.0 Å². The number of ether oxygens (including phenoxy) is 1. The maximum absolute atomic E-state index is 13.2. The van der Waals surface area contributed by atoms with E-state index in [2.05, 4.69) is 12.2 Å². The molecule has 29 heavy (non-hydrogen) atoms. The number of nitrogens with zero attached hydrogens (tertiary/aromatic N) is 1. The summed E-state index contributed by atoms with van der Waals surface area (Å²) in [6.07, 6.45) is 4.68. The molecule has 0 unspecified atom stereocenters. The molecule has 4 nitrogen and oxygen atoms in total. The third kappa shape index (κ3) is 4.26. The first-order valence-corrected chi connectivity index (χ1v) is 10.6. The molecule has 4 heteroatoms. The van der Waals surface area contributed by atoms with E-state index >= 15 is 0 Å². The zero-order chi connectivity index (χ0) is 20.2. The van der Waals surface area contributed by atoms with E-state index < -0.39 is 0 Å². The van der Waals surface area contributed by atoms with E-state index in [0.717, 1.165) is 34.3 Å². The van der Waals surface area contributed by atoms with Gasteiger partial charge in [0.1, 0.15) is 5.75 Å². The highest BCUT2D eigenvalue weighted by Crippen LogP contribution is 2.28. The van der Waals surface area contributed by atoms with E-state index in [4.69, 9.17) is 9.72 Å². The van der Waals surface area contributed by atoms with Gasteiger partial charge < -0.3 is 10.1 Å². The molecule has 2 aromatic carbocycles. The number of aromatic nitrogens is 1. The lowest BCUT2D eigenvalue weighted by molar-refractivity contribution is 0.0912. The zero-order valence-electron chi connectivity index (χ0n) is 17.2. The summed E-state index contributed by atoms with van der Waals surface area (Å²) in [4.78, 5) is 18.0. The van der Waals surface area contributed by atoms with Crippen molar-refractivity contribution in [1.29, 1.82) is 0 Å². The number of hydrogen-bond acceptors (Lipinski definition) is 3. The molecule has 1 saturated carbocycles. The average Bonchev–Trinajstić information content (AvgIpc) is 2.75. The first-order valence-electron chi connectivity index (χ1n) is 10.6. The number of rotatable bonds is 5. The molecule has 1 fully saturated rings. The van der Waals surface area contributed by atoms with Crippen LogP contribution in [0.3, 0.4) is 0 Å². The average molecular weight is 389 g/mol. The number of carbonyl (C=O) groups is 1. The normalized spacial score (nSPS) is 19.1. The summed E-state index contributed by atoms with van der Waals surface area (Å²) in [6, 6.07) is 17.9. The Bertz CT molecular complexity index is 997. The van der Waals surface area contributed by atoms with E-state index in [0.29, 0.717) is 18.1 Å². The summed E-state index contributed by atoms with van der Waals surface area (Å²) in [5, 5.41) is 4.19. The van der Waals surface area contributed by atoms with Crippen molar-refractivity contribution in [3.05, 3.63) is 60.2 Å². The van der Waals surface area contributed by atoms with Crippen molar-refractivity contribution in [2.24, 2.45) is 5.92 Å².